The second-order valence-corrected chi connectivity index (χ2v) is 3.15. The van der Waals surface area contributed by atoms with Crippen LogP contribution in [-0.4, -0.2) is 12.1 Å². The first kappa shape index (κ1) is 9.58. The van der Waals surface area contributed by atoms with Gasteiger partial charge in [0.25, 0.3) is 0 Å². The molecular weight excluding hydrogens is 194 g/mol. The van der Waals surface area contributed by atoms with Crippen molar-refractivity contribution in [1.29, 1.82) is 0 Å². The number of aryl methyl sites for hydroxylation is 1. The first-order chi connectivity index (χ1) is 7.22. The molecule has 1 aromatic heterocycles. The summed E-state index contributed by atoms with van der Waals surface area (Å²) >= 11 is 0. The summed E-state index contributed by atoms with van der Waals surface area (Å²) < 4.78 is 10.1. The summed E-state index contributed by atoms with van der Waals surface area (Å²) in [5.41, 5.74) is 1.49. The molecular formula is C11H11NO3. The van der Waals surface area contributed by atoms with Gasteiger partial charge in [-0.15, -0.1) is 0 Å². The van der Waals surface area contributed by atoms with E-state index in [0.29, 0.717) is 17.2 Å². The summed E-state index contributed by atoms with van der Waals surface area (Å²) in [6, 6.07) is 7.45. The standard InChI is InChI=1S/C11H11NO3/c1-7-10(12-11(13)15-7)8-5-3-4-6-9(8)14-2/h3-6H,1-2H3,(H,12,13). The molecule has 0 atom stereocenters. The van der Waals surface area contributed by atoms with Crippen molar-refractivity contribution in [2.45, 2.75) is 6.92 Å². The Labute approximate surface area is 86.5 Å². The lowest BCUT2D eigenvalue weighted by molar-refractivity contribution is 0.416. The Hall–Kier alpha value is -1.97. The molecule has 15 heavy (non-hydrogen) atoms. The second kappa shape index (κ2) is 3.65. The number of hydrogen-bond donors (Lipinski definition) is 1. The smallest absolute Gasteiger partial charge is 0.416 e. The number of methoxy groups -OCH3 is 1. The van der Waals surface area contributed by atoms with Gasteiger partial charge in [-0.1, -0.05) is 12.1 Å². The third kappa shape index (κ3) is 1.66. The molecule has 1 N–H and O–H groups in total. The van der Waals surface area contributed by atoms with Crippen LogP contribution in [0.2, 0.25) is 0 Å². The van der Waals surface area contributed by atoms with Gasteiger partial charge in [-0.25, -0.2) is 4.79 Å². The van der Waals surface area contributed by atoms with Crippen LogP contribution in [0.4, 0.5) is 0 Å². The van der Waals surface area contributed by atoms with Crippen molar-refractivity contribution >= 4 is 0 Å². The van der Waals surface area contributed by atoms with Crippen LogP contribution < -0.4 is 10.5 Å². The fourth-order valence-corrected chi connectivity index (χ4v) is 1.51. The number of H-pyrrole nitrogens is 1. The van der Waals surface area contributed by atoms with E-state index in [0.717, 1.165) is 5.56 Å². The Kier molecular flexibility index (Phi) is 2.33. The van der Waals surface area contributed by atoms with Crippen molar-refractivity contribution < 1.29 is 9.15 Å². The van der Waals surface area contributed by atoms with E-state index in [4.69, 9.17) is 9.15 Å². The molecule has 0 spiro atoms. The maximum atomic E-state index is 11.0. The largest absolute Gasteiger partial charge is 0.496 e. The molecule has 1 aromatic carbocycles. The number of aromatic nitrogens is 1. The summed E-state index contributed by atoms with van der Waals surface area (Å²) in [5.74, 6) is 0.815. The van der Waals surface area contributed by atoms with Gasteiger partial charge in [0.1, 0.15) is 11.5 Å². The summed E-state index contributed by atoms with van der Waals surface area (Å²) in [6.45, 7) is 1.74. The van der Waals surface area contributed by atoms with Crippen LogP contribution in [0.25, 0.3) is 11.3 Å². The number of ether oxygens (including phenoxy) is 1. The lowest BCUT2D eigenvalue weighted by Gasteiger charge is -2.05. The fraction of sp³-hybridized carbons (Fsp3) is 0.182. The number of para-hydroxylation sites is 1. The molecule has 0 bridgehead atoms. The summed E-state index contributed by atoms with van der Waals surface area (Å²) in [6.07, 6.45) is 0. The summed E-state index contributed by atoms with van der Waals surface area (Å²) in [4.78, 5) is 13.7. The SMILES string of the molecule is COc1ccccc1-c1[nH]c(=O)oc1C. The van der Waals surface area contributed by atoms with E-state index in [1.807, 2.05) is 24.3 Å². The van der Waals surface area contributed by atoms with E-state index in [9.17, 15) is 4.79 Å². The Morgan fingerprint density at radius 2 is 2.07 bits per heavy atom. The second-order valence-electron chi connectivity index (χ2n) is 3.15. The Balaban J connectivity index is 2.63. The van der Waals surface area contributed by atoms with Crippen LogP contribution in [0.5, 0.6) is 5.75 Å². The lowest BCUT2D eigenvalue weighted by atomic mass is 10.1. The molecule has 0 amide bonds. The molecule has 0 fully saturated rings. The average Bonchev–Trinajstić information content (AvgIpc) is 2.57. The van der Waals surface area contributed by atoms with Gasteiger partial charge in [0.2, 0.25) is 0 Å². The van der Waals surface area contributed by atoms with Gasteiger partial charge >= 0.3 is 5.76 Å². The topological polar surface area (TPSA) is 55.2 Å². The third-order valence-electron chi connectivity index (χ3n) is 2.20. The molecule has 2 rings (SSSR count). The zero-order chi connectivity index (χ0) is 10.8. The van der Waals surface area contributed by atoms with Gasteiger partial charge in [-0.05, 0) is 19.1 Å². The highest BCUT2D eigenvalue weighted by Crippen LogP contribution is 2.29. The van der Waals surface area contributed by atoms with Crippen LogP contribution in [0, 0.1) is 6.92 Å². The Morgan fingerprint density at radius 1 is 1.33 bits per heavy atom. The zero-order valence-corrected chi connectivity index (χ0v) is 8.53. The van der Waals surface area contributed by atoms with Gasteiger partial charge in [0.05, 0.1) is 12.8 Å². The summed E-state index contributed by atoms with van der Waals surface area (Å²) in [7, 11) is 1.59. The number of aromatic amines is 1. The van der Waals surface area contributed by atoms with E-state index in [1.165, 1.54) is 0 Å². The molecule has 0 aliphatic carbocycles. The van der Waals surface area contributed by atoms with Gasteiger partial charge in [0.15, 0.2) is 0 Å². The predicted octanol–water partition coefficient (Wildman–Crippen LogP) is 1.95. The maximum Gasteiger partial charge on any atom is 0.416 e. The van der Waals surface area contributed by atoms with Crippen molar-refractivity contribution in [3.63, 3.8) is 0 Å². The van der Waals surface area contributed by atoms with Crippen molar-refractivity contribution in [1.82, 2.24) is 4.98 Å². The highest BCUT2D eigenvalue weighted by molar-refractivity contribution is 5.68. The van der Waals surface area contributed by atoms with E-state index >= 15 is 0 Å². The van der Waals surface area contributed by atoms with Crippen LogP contribution in [-0.2, 0) is 0 Å². The monoisotopic (exact) mass is 205 g/mol. The summed E-state index contributed by atoms with van der Waals surface area (Å²) in [5, 5.41) is 0. The normalized spacial score (nSPS) is 10.3. The van der Waals surface area contributed by atoms with E-state index in [1.54, 1.807) is 14.0 Å². The number of oxazole rings is 1. The van der Waals surface area contributed by atoms with Crippen LogP contribution in [0.1, 0.15) is 5.76 Å². The molecule has 0 aliphatic heterocycles. The van der Waals surface area contributed by atoms with Crippen LogP contribution in [0.3, 0.4) is 0 Å². The highest BCUT2D eigenvalue weighted by Gasteiger charge is 2.11. The molecule has 0 saturated carbocycles. The molecule has 78 valence electrons. The van der Waals surface area contributed by atoms with Crippen LogP contribution >= 0.6 is 0 Å². The molecule has 1 heterocycles. The Bertz CT molecular complexity index is 525. The van der Waals surface area contributed by atoms with Crippen molar-refractivity contribution in [2.24, 2.45) is 0 Å². The maximum absolute atomic E-state index is 11.0. The minimum Gasteiger partial charge on any atom is -0.496 e. The zero-order valence-electron chi connectivity index (χ0n) is 8.53. The molecule has 0 aliphatic rings. The number of rotatable bonds is 2. The van der Waals surface area contributed by atoms with Crippen LogP contribution in [0.15, 0.2) is 33.5 Å². The number of nitrogens with one attached hydrogen (secondary N) is 1. The van der Waals surface area contributed by atoms with E-state index in [-0.39, 0.29) is 0 Å². The van der Waals surface area contributed by atoms with Gasteiger partial charge < -0.3 is 9.15 Å². The van der Waals surface area contributed by atoms with Crippen molar-refractivity contribution in [3.8, 4) is 17.0 Å². The number of hydrogen-bond acceptors (Lipinski definition) is 3. The molecule has 4 heteroatoms. The molecule has 0 radical (unpaired) electrons. The first-order valence-electron chi connectivity index (χ1n) is 4.55. The van der Waals surface area contributed by atoms with E-state index < -0.39 is 5.76 Å². The minimum atomic E-state index is -0.451. The highest BCUT2D eigenvalue weighted by atomic mass is 16.5. The van der Waals surface area contributed by atoms with Gasteiger partial charge in [-0.2, -0.15) is 0 Å². The predicted molar refractivity (Wildman–Crippen MR) is 56.1 cm³/mol. The number of benzene rings is 1. The Morgan fingerprint density at radius 3 is 2.67 bits per heavy atom. The minimum absolute atomic E-state index is 0.451. The fourth-order valence-electron chi connectivity index (χ4n) is 1.51. The molecule has 4 nitrogen and oxygen atoms in total. The van der Waals surface area contributed by atoms with Crippen molar-refractivity contribution in [3.05, 3.63) is 40.6 Å². The third-order valence-corrected chi connectivity index (χ3v) is 2.20. The molecule has 0 unspecified atom stereocenters. The van der Waals surface area contributed by atoms with Crippen molar-refractivity contribution in [2.75, 3.05) is 7.11 Å². The van der Waals surface area contributed by atoms with E-state index in [2.05, 4.69) is 4.98 Å². The molecule has 0 saturated heterocycles. The van der Waals surface area contributed by atoms with Gasteiger partial charge in [-0.3, -0.25) is 4.98 Å². The average molecular weight is 205 g/mol. The first-order valence-corrected chi connectivity index (χ1v) is 4.55. The van der Waals surface area contributed by atoms with Gasteiger partial charge in [0, 0.05) is 5.56 Å². The quantitative estimate of drug-likeness (QED) is 0.815. The molecule has 2 aromatic rings. The lowest BCUT2D eigenvalue weighted by Crippen LogP contribution is -1.95.